The van der Waals surface area contributed by atoms with Crippen LogP contribution in [0, 0.1) is 0 Å². The molecule has 32 heavy (non-hydrogen) atoms. The van der Waals surface area contributed by atoms with Gasteiger partial charge >= 0.3 is 6.03 Å². The molecule has 0 aliphatic carbocycles. The van der Waals surface area contributed by atoms with Gasteiger partial charge in [-0.15, -0.1) is 0 Å². The Morgan fingerprint density at radius 2 is 1.59 bits per heavy atom. The van der Waals surface area contributed by atoms with Crippen molar-refractivity contribution in [2.24, 2.45) is 0 Å². The van der Waals surface area contributed by atoms with Crippen LogP contribution in [0.1, 0.15) is 49.7 Å². The Hall–Kier alpha value is -3.22. The van der Waals surface area contributed by atoms with Gasteiger partial charge in [-0.1, -0.05) is 6.07 Å². The number of rotatable bonds is 7. The lowest BCUT2D eigenvalue weighted by Gasteiger charge is -2.36. The standard InChI is InChI=1S/C25H33N3O4/c1-17(2)32-23-11-8-21(16-24(23)31-5)18(3)26-25(30)28-14-12-27(13-15-28)22-9-6-20(7-10-22)19(4)29/h6-11,16-18H,12-15H2,1-5H3,(H,26,30). The Morgan fingerprint density at radius 3 is 2.16 bits per heavy atom. The zero-order chi connectivity index (χ0) is 23.3. The fraction of sp³-hybridized carbons (Fsp3) is 0.440. The van der Waals surface area contributed by atoms with E-state index in [1.807, 2.05) is 68.1 Å². The van der Waals surface area contributed by atoms with Crippen LogP contribution in [0.5, 0.6) is 11.5 Å². The lowest BCUT2D eigenvalue weighted by atomic mass is 10.1. The molecule has 0 radical (unpaired) electrons. The number of hydrogen-bond donors (Lipinski definition) is 1. The van der Waals surface area contributed by atoms with Crippen molar-refractivity contribution in [2.45, 2.75) is 39.8 Å². The summed E-state index contributed by atoms with van der Waals surface area (Å²) in [5.41, 5.74) is 2.73. The van der Waals surface area contributed by atoms with Crippen molar-refractivity contribution in [3.8, 4) is 11.5 Å². The minimum absolute atomic E-state index is 0.0533. The number of nitrogens with one attached hydrogen (secondary N) is 1. The van der Waals surface area contributed by atoms with Gasteiger partial charge in [-0.3, -0.25) is 4.79 Å². The Morgan fingerprint density at radius 1 is 0.938 bits per heavy atom. The van der Waals surface area contributed by atoms with Gasteiger partial charge in [0.1, 0.15) is 0 Å². The number of nitrogens with zero attached hydrogens (tertiary/aromatic N) is 2. The number of anilines is 1. The quantitative estimate of drug-likeness (QED) is 0.652. The third kappa shape index (κ3) is 5.72. The van der Waals surface area contributed by atoms with Gasteiger partial charge in [-0.05, 0) is 69.7 Å². The van der Waals surface area contributed by atoms with Crippen LogP contribution in [-0.2, 0) is 0 Å². The van der Waals surface area contributed by atoms with E-state index in [2.05, 4.69) is 10.2 Å². The SMILES string of the molecule is COc1cc(C(C)NC(=O)N2CCN(c3ccc(C(C)=O)cc3)CC2)ccc1OC(C)C. The predicted octanol–water partition coefficient (Wildman–Crippen LogP) is 4.28. The van der Waals surface area contributed by atoms with Gasteiger partial charge < -0.3 is 24.6 Å². The topological polar surface area (TPSA) is 71.1 Å². The van der Waals surface area contributed by atoms with Crippen LogP contribution in [-0.4, -0.2) is 56.1 Å². The Labute approximate surface area is 190 Å². The first-order chi connectivity index (χ1) is 15.3. The molecule has 2 aromatic rings. The van der Waals surface area contributed by atoms with Crippen molar-refractivity contribution in [1.29, 1.82) is 0 Å². The number of Topliss-reactive ketones (excluding diaryl/α,β-unsaturated/α-hetero) is 1. The van der Waals surface area contributed by atoms with Crippen LogP contribution >= 0.6 is 0 Å². The number of piperazine rings is 1. The summed E-state index contributed by atoms with van der Waals surface area (Å²) in [6.45, 7) is 10.2. The zero-order valence-electron chi connectivity index (χ0n) is 19.6. The molecule has 1 heterocycles. The van der Waals surface area contributed by atoms with Crippen LogP contribution in [0.2, 0.25) is 0 Å². The van der Waals surface area contributed by atoms with Crippen molar-refractivity contribution in [2.75, 3.05) is 38.2 Å². The molecule has 1 N–H and O–H groups in total. The molecule has 0 bridgehead atoms. The van der Waals surface area contributed by atoms with Crippen LogP contribution in [0.25, 0.3) is 0 Å². The second-order valence-corrected chi connectivity index (χ2v) is 8.33. The molecule has 1 fully saturated rings. The van der Waals surface area contributed by atoms with E-state index in [4.69, 9.17) is 9.47 Å². The first kappa shape index (κ1) is 23.4. The van der Waals surface area contributed by atoms with Crippen molar-refractivity contribution in [1.82, 2.24) is 10.2 Å². The molecule has 0 spiro atoms. The largest absolute Gasteiger partial charge is 0.493 e. The highest BCUT2D eigenvalue weighted by atomic mass is 16.5. The molecule has 1 aliphatic heterocycles. The number of methoxy groups -OCH3 is 1. The summed E-state index contributed by atoms with van der Waals surface area (Å²) < 4.78 is 11.2. The van der Waals surface area contributed by atoms with Crippen LogP contribution in [0.4, 0.5) is 10.5 Å². The Balaban J connectivity index is 1.55. The van der Waals surface area contributed by atoms with Crippen LogP contribution < -0.4 is 19.7 Å². The molecule has 1 saturated heterocycles. The van der Waals surface area contributed by atoms with E-state index in [9.17, 15) is 9.59 Å². The second kappa shape index (κ2) is 10.4. The fourth-order valence-corrected chi connectivity index (χ4v) is 3.74. The first-order valence-corrected chi connectivity index (χ1v) is 11.0. The van der Waals surface area contributed by atoms with E-state index in [1.54, 1.807) is 14.0 Å². The molecule has 0 aromatic heterocycles. The highest BCUT2D eigenvalue weighted by Crippen LogP contribution is 2.31. The van der Waals surface area contributed by atoms with Gasteiger partial charge in [0.2, 0.25) is 0 Å². The molecule has 0 saturated carbocycles. The molecule has 172 valence electrons. The molecule has 3 rings (SSSR count). The van der Waals surface area contributed by atoms with Gasteiger partial charge in [0, 0.05) is 37.4 Å². The predicted molar refractivity (Wildman–Crippen MR) is 126 cm³/mol. The van der Waals surface area contributed by atoms with E-state index in [0.717, 1.165) is 24.3 Å². The minimum atomic E-state index is -0.165. The van der Waals surface area contributed by atoms with Gasteiger partial charge in [0.05, 0.1) is 19.3 Å². The summed E-state index contributed by atoms with van der Waals surface area (Å²) in [5, 5.41) is 3.09. The summed E-state index contributed by atoms with van der Waals surface area (Å²) in [5.74, 6) is 1.41. The average Bonchev–Trinajstić information content (AvgIpc) is 2.79. The third-order valence-corrected chi connectivity index (χ3v) is 5.60. The lowest BCUT2D eigenvalue weighted by molar-refractivity contribution is 0.101. The van der Waals surface area contributed by atoms with E-state index in [0.29, 0.717) is 30.2 Å². The molecule has 2 aromatic carbocycles. The highest BCUT2D eigenvalue weighted by Gasteiger charge is 2.23. The molecule has 1 unspecified atom stereocenters. The van der Waals surface area contributed by atoms with Crippen LogP contribution in [0.15, 0.2) is 42.5 Å². The Kier molecular flexibility index (Phi) is 7.62. The number of urea groups is 1. The van der Waals surface area contributed by atoms with Crippen molar-refractivity contribution >= 4 is 17.5 Å². The summed E-state index contributed by atoms with van der Waals surface area (Å²) >= 11 is 0. The maximum atomic E-state index is 12.8. The molecular formula is C25H33N3O4. The van der Waals surface area contributed by atoms with Crippen LogP contribution in [0.3, 0.4) is 0 Å². The monoisotopic (exact) mass is 439 g/mol. The summed E-state index contributed by atoms with van der Waals surface area (Å²) in [6.07, 6.45) is 0.0533. The molecule has 7 nitrogen and oxygen atoms in total. The summed E-state index contributed by atoms with van der Waals surface area (Å²) in [7, 11) is 1.61. The second-order valence-electron chi connectivity index (χ2n) is 8.33. The third-order valence-electron chi connectivity index (χ3n) is 5.60. The Bertz CT molecular complexity index is 935. The van der Waals surface area contributed by atoms with Crippen molar-refractivity contribution < 1.29 is 19.1 Å². The van der Waals surface area contributed by atoms with Gasteiger partial charge in [0.25, 0.3) is 0 Å². The highest BCUT2D eigenvalue weighted by molar-refractivity contribution is 5.94. The van der Waals surface area contributed by atoms with E-state index in [1.165, 1.54) is 0 Å². The van der Waals surface area contributed by atoms with Gasteiger partial charge in [-0.25, -0.2) is 4.79 Å². The number of ketones is 1. The number of carbonyl (C=O) groups is 2. The smallest absolute Gasteiger partial charge is 0.317 e. The molecule has 7 heteroatoms. The molecule has 1 atom stereocenters. The van der Waals surface area contributed by atoms with Gasteiger partial charge in [-0.2, -0.15) is 0 Å². The summed E-state index contributed by atoms with van der Waals surface area (Å²) in [6, 6.07) is 13.1. The van der Waals surface area contributed by atoms with Crippen molar-refractivity contribution in [3.63, 3.8) is 0 Å². The van der Waals surface area contributed by atoms with Gasteiger partial charge in [0.15, 0.2) is 17.3 Å². The maximum Gasteiger partial charge on any atom is 0.317 e. The summed E-state index contributed by atoms with van der Waals surface area (Å²) in [4.78, 5) is 28.3. The van der Waals surface area contributed by atoms with E-state index >= 15 is 0 Å². The maximum absolute atomic E-state index is 12.8. The molecule has 2 amide bonds. The number of benzene rings is 2. The number of ether oxygens (including phenoxy) is 2. The zero-order valence-corrected chi connectivity index (χ0v) is 19.6. The van der Waals surface area contributed by atoms with E-state index in [-0.39, 0.29) is 24.0 Å². The minimum Gasteiger partial charge on any atom is -0.493 e. The van der Waals surface area contributed by atoms with Crippen molar-refractivity contribution in [3.05, 3.63) is 53.6 Å². The molecule has 1 aliphatic rings. The fourth-order valence-electron chi connectivity index (χ4n) is 3.74. The average molecular weight is 440 g/mol. The number of amides is 2. The number of carbonyl (C=O) groups excluding carboxylic acids is 2. The lowest BCUT2D eigenvalue weighted by Crippen LogP contribution is -2.52. The van der Waals surface area contributed by atoms with E-state index < -0.39 is 0 Å². The number of hydrogen-bond acceptors (Lipinski definition) is 5. The first-order valence-electron chi connectivity index (χ1n) is 11.0. The molecular weight excluding hydrogens is 406 g/mol. The normalized spacial score (nSPS) is 14.8.